The number of nitrogens with zero attached hydrogens (tertiary/aromatic N) is 4. The zero-order valence-electron chi connectivity index (χ0n) is 19.9. The van der Waals surface area contributed by atoms with Crippen LogP contribution in [0.2, 0.25) is 0 Å². The van der Waals surface area contributed by atoms with Crippen LogP contribution in [-0.2, 0) is 0 Å². The number of fused-ring (bicyclic) bond motifs is 3. The summed E-state index contributed by atoms with van der Waals surface area (Å²) in [6.07, 6.45) is 5.81. The highest BCUT2D eigenvalue weighted by atomic mass is 15.1. The molecule has 0 radical (unpaired) electrons. The molecule has 0 unspecified atom stereocenters. The van der Waals surface area contributed by atoms with Gasteiger partial charge in [0.2, 0.25) is 0 Å². The van der Waals surface area contributed by atoms with Crippen molar-refractivity contribution in [2.24, 2.45) is 0 Å². The smallest absolute Gasteiger partial charge is 0.144 e. The second-order valence-electron chi connectivity index (χ2n) is 9.15. The fraction of sp³-hybridized carbons (Fsp3) is 0.133. The Labute approximate surface area is 199 Å². The first-order valence-electron chi connectivity index (χ1n) is 11.6. The summed E-state index contributed by atoms with van der Waals surface area (Å²) in [6.45, 7) is 8.61. The molecule has 6 rings (SSSR count). The molecule has 0 amide bonds. The summed E-state index contributed by atoms with van der Waals surface area (Å²) in [4.78, 5) is 9.54. The predicted octanol–water partition coefficient (Wildman–Crippen LogP) is 7.27. The summed E-state index contributed by atoms with van der Waals surface area (Å²) < 4.78 is 4.51. The number of aryl methyl sites for hydroxylation is 4. The zero-order chi connectivity index (χ0) is 23.4. The Hall–Kier alpha value is -4.18. The molecule has 0 N–H and O–H groups in total. The molecule has 0 spiro atoms. The highest BCUT2D eigenvalue weighted by molar-refractivity contribution is 6.08. The van der Waals surface area contributed by atoms with Crippen molar-refractivity contribution in [3.8, 4) is 22.8 Å². The highest BCUT2D eigenvalue weighted by Gasteiger charge is 2.17. The maximum atomic E-state index is 4.77. The fourth-order valence-electron chi connectivity index (χ4n) is 5.27. The molecule has 0 saturated carbocycles. The molecule has 166 valence electrons. The van der Waals surface area contributed by atoms with Gasteiger partial charge in [-0.05, 0) is 86.8 Å². The highest BCUT2D eigenvalue weighted by Crippen LogP contribution is 2.34. The SMILES string of the molecule is Cc1cccc(-n2c3ccc(-c4nccn4-c4c(C)cc(C)cc4C)cc3c3ncccc32)c1. The molecule has 0 bridgehead atoms. The molecule has 3 aromatic carbocycles. The van der Waals surface area contributed by atoms with Gasteiger partial charge in [-0.2, -0.15) is 0 Å². The van der Waals surface area contributed by atoms with Crippen LogP contribution < -0.4 is 0 Å². The molecule has 4 nitrogen and oxygen atoms in total. The first-order valence-corrected chi connectivity index (χ1v) is 11.6. The van der Waals surface area contributed by atoms with E-state index in [1.807, 2.05) is 18.5 Å². The maximum Gasteiger partial charge on any atom is 0.144 e. The fourth-order valence-corrected chi connectivity index (χ4v) is 5.27. The van der Waals surface area contributed by atoms with Gasteiger partial charge in [-0.25, -0.2) is 4.98 Å². The normalized spacial score (nSPS) is 11.5. The number of hydrogen-bond acceptors (Lipinski definition) is 2. The summed E-state index contributed by atoms with van der Waals surface area (Å²) in [7, 11) is 0. The quantitative estimate of drug-likeness (QED) is 0.289. The third kappa shape index (κ3) is 3.14. The summed E-state index contributed by atoms with van der Waals surface area (Å²) >= 11 is 0. The second-order valence-corrected chi connectivity index (χ2v) is 9.15. The summed E-state index contributed by atoms with van der Waals surface area (Å²) in [5.41, 5.74) is 11.7. The number of rotatable bonds is 3. The van der Waals surface area contributed by atoms with Gasteiger partial charge in [0.05, 0.1) is 22.2 Å². The van der Waals surface area contributed by atoms with Gasteiger partial charge < -0.3 is 4.57 Å². The lowest BCUT2D eigenvalue weighted by Crippen LogP contribution is -2.02. The third-order valence-electron chi connectivity index (χ3n) is 6.55. The number of benzene rings is 3. The first kappa shape index (κ1) is 20.4. The van der Waals surface area contributed by atoms with E-state index in [9.17, 15) is 0 Å². The molecule has 0 atom stereocenters. The summed E-state index contributed by atoms with van der Waals surface area (Å²) in [5, 5.41) is 1.13. The minimum atomic E-state index is 0.935. The lowest BCUT2D eigenvalue weighted by molar-refractivity contribution is 1.03. The van der Waals surface area contributed by atoms with Gasteiger partial charge >= 0.3 is 0 Å². The van der Waals surface area contributed by atoms with Gasteiger partial charge in [-0.3, -0.25) is 9.55 Å². The van der Waals surface area contributed by atoms with E-state index in [0.29, 0.717) is 0 Å². The van der Waals surface area contributed by atoms with Gasteiger partial charge in [0.25, 0.3) is 0 Å². The molecule has 3 aromatic heterocycles. The van der Waals surface area contributed by atoms with Gasteiger partial charge in [0.15, 0.2) is 0 Å². The van der Waals surface area contributed by atoms with Crippen LogP contribution >= 0.6 is 0 Å². The van der Waals surface area contributed by atoms with Crippen LogP contribution in [0, 0.1) is 27.7 Å². The predicted molar refractivity (Wildman–Crippen MR) is 140 cm³/mol. The van der Waals surface area contributed by atoms with E-state index in [-0.39, 0.29) is 0 Å². The average molecular weight is 443 g/mol. The van der Waals surface area contributed by atoms with Crippen molar-refractivity contribution in [1.82, 2.24) is 19.1 Å². The monoisotopic (exact) mass is 442 g/mol. The standard InChI is InChI=1S/C30H26N4/c1-19-7-5-8-24(17-19)34-26-11-10-23(18-25(26)28-27(34)9-6-12-31-28)30-32-13-14-33(30)29-21(3)15-20(2)16-22(29)4/h5-18H,1-4H3. The van der Waals surface area contributed by atoms with Crippen molar-refractivity contribution in [3.63, 3.8) is 0 Å². The van der Waals surface area contributed by atoms with Crippen molar-refractivity contribution in [1.29, 1.82) is 0 Å². The topological polar surface area (TPSA) is 35.6 Å². The van der Waals surface area contributed by atoms with Crippen molar-refractivity contribution in [2.45, 2.75) is 27.7 Å². The number of pyridine rings is 1. The van der Waals surface area contributed by atoms with Crippen LogP contribution in [0.3, 0.4) is 0 Å². The van der Waals surface area contributed by atoms with Crippen LogP contribution in [0.4, 0.5) is 0 Å². The molecule has 0 saturated heterocycles. The third-order valence-corrected chi connectivity index (χ3v) is 6.55. The minimum Gasteiger partial charge on any atom is -0.308 e. The minimum absolute atomic E-state index is 0.935. The van der Waals surface area contributed by atoms with Crippen molar-refractivity contribution in [3.05, 3.63) is 108 Å². The Morgan fingerprint density at radius 1 is 0.676 bits per heavy atom. The van der Waals surface area contributed by atoms with E-state index in [4.69, 9.17) is 9.97 Å². The van der Waals surface area contributed by atoms with E-state index in [1.54, 1.807) is 0 Å². The number of imidazole rings is 1. The molecule has 34 heavy (non-hydrogen) atoms. The molecule has 0 aliphatic heterocycles. The van der Waals surface area contributed by atoms with Crippen LogP contribution in [0.1, 0.15) is 22.3 Å². The largest absolute Gasteiger partial charge is 0.308 e. The van der Waals surface area contributed by atoms with Gasteiger partial charge in [-0.1, -0.05) is 29.8 Å². The Morgan fingerprint density at radius 3 is 2.29 bits per heavy atom. The molecule has 4 heteroatoms. The summed E-state index contributed by atoms with van der Waals surface area (Å²) in [5.74, 6) is 0.935. The molecule has 0 aliphatic rings. The van der Waals surface area contributed by atoms with Crippen LogP contribution in [0.25, 0.3) is 44.7 Å². The molecule has 0 fully saturated rings. The first-order chi connectivity index (χ1) is 16.5. The van der Waals surface area contributed by atoms with E-state index in [1.165, 1.54) is 27.9 Å². The Kier molecular flexibility index (Phi) is 4.63. The molecule has 0 aliphatic carbocycles. The molecule has 3 heterocycles. The Balaban J connectivity index is 1.59. The van der Waals surface area contributed by atoms with E-state index in [2.05, 4.69) is 104 Å². The molecular weight excluding hydrogens is 416 g/mol. The number of aromatic nitrogens is 4. The zero-order valence-corrected chi connectivity index (χ0v) is 19.9. The Bertz CT molecular complexity index is 1680. The maximum absolute atomic E-state index is 4.77. The molecule has 6 aromatic rings. The second kappa shape index (κ2) is 7.70. The summed E-state index contributed by atoms with van der Waals surface area (Å²) in [6, 6.07) is 23.8. The van der Waals surface area contributed by atoms with Crippen LogP contribution in [0.5, 0.6) is 0 Å². The van der Waals surface area contributed by atoms with Crippen molar-refractivity contribution >= 4 is 21.9 Å². The van der Waals surface area contributed by atoms with Crippen LogP contribution in [-0.4, -0.2) is 19.1 Å². The molecular formula is C30H26N4. The van der Waals surface area contributed by atoms with Gasteiger partial charge in [0.1, 0.15) is 5.82 Å². The van der Waals surface area contributed by atoms with E-state index >= 15 is 0 Å². The van der Waals surface area contributed by atoms with Crippen LogP contribution in [0.15, 0.2) is 85.3 Å². The van der Waals surface area contributed by atoms with Crippen molar-refractivity contribution in [2.75, 3.05) is 0 Å². The number of hydrogen-bond donors (Lipinski definition) is 0. The lowest BCUT2D eigenvalue weighted by atomic mass is 10.0. The van der Waals surface area contributed by atoms with Gasteiger partial charge in [-0.15, -0.1) is 0 Å². The van der Waals surface area contributed by atoms with E-state index < -0.39 is 0 Å². The average Bonchev–Trinajstić information content (AvgIpc) is 3.41. The lowest BCUT2D eigenvalue weighted by Gasteiger charge is -2.15. The van der Waals surface area contributed by atoms with Crippen molar-refractivity contribution < 1.29 is 0 Å². The van der Waals surface area contributed by atoms with E-state index in [0.717, 1.165) is 39.0 Å². The Morgan fingerprint density at radius 2 is 1.50 bits per heavy atom. The van der Waals surface area contributed by atoms with Gasteiger partial charge in [0, 0.05) is 35.2 Å².